The van der Waals surface area contributed by atoms with E-state index in [2.05, 4.69) is 0 Å². The summed E-state index contributed by atoms with van der Waals surface area (Å²) in [5.41, 5.74) is -3.44. The second kappa shape index (κ2) is 7.77. The van der Waals surface area contributed by atoms with E-state index in [1.165, 1.54) is 12.1 Å². The Hall–Kier alpha value is -3.97. The molecule has 1 aromatic heterocycles. The molecule has 5 rings (SSSR count). The third-order valence-electron chi connectivity index (χ3n) is 7.04. The number of carbonyl (C=O) groups excluding carboxylic acids is 1. The zero-order valence-electron chi connectivity index (χ0n) is 19.3. The number of hydrogen-bond acceptors (Lipinski definition) is 6. The van der Waals surface area contributed by atoms with E-state index in [0.29, 0.717) is 6.07 Å². The summed E-state index contributed by atoms with van der Waals surface area (Å²) in [7, 11) is 0. The Morgan fingerprint density at radius 1 is 1.17 bits per heavy atom. The Morgan fingerprint density at radius 2 is 1.83 bits per heavy atom. The molecule has 0 saturated carbocycles. The average molecular weight is 498 g/mol. The Morgan fingerprint density at radius 3 is 2.47 bits per heavy atom. The minimum absolute atomic E-state index is 0.0412. The first-order valence-electron chi connectivity index (χ1n) is 11.1. The molecule has 1 saturated heterocycles. The third-order valence-corrected chi connectivity index (χ3v) is 7.04. The zero-order valence-corrected chi connectivity index (χ0v) is 19.3. The number of carbonyl (C=O) groups is 1. The number of ether oxygens (including phenoxy) is 2. The molecule has 2 bridgehead atoms. The second-order valence-electron chi connectivity index (χ2n) is 9.36. The molecule has 7 nitrogen and oxygen atoms in total. The van der Waals surface area contributed by atoms with Crippen molar-refractivity contribution in [3.63, 3.8) is 0 Å². The predicted molar refractivity (Wildman–Crippen MR) is 119 cm³/mol. The van der Waals surface area contributed by atoms with E-state index >= 15 is 0 Å². The molecule has 3 aromatic rings. The average Bonchev–Trinajstić information content (AvgIpc) is 3.37. The van der Waals surface area contributed by atoms with Crippen LogP contribution >= 0.6 is 0 Å². The lowest BCUT2D eigenvalue weighted by Crippen LogP contribution is -2.35. The summed E-state index contributed by atoms with van der Waals surface area (Å²) < 4.78 is 53.1. The van der Waals surface area contributed by atoms with Crippen LogP contribution in [0.5, 0.6) is 11.8 Å². The van der Waals surface area contributed by atoms with Gasteiger partial charge >= 0.3 is 12.1 Å². The van der Waals surface area contributed by atoms with E-state index in [9.17, 15) is 28.2 Å². The molecular formula is C26H21F3N2O5. The number of halogens is 3. The normalized spacial score (nSPS) is 24.4. The van der Waals surface area contributed by atoms with Gasteiger partial charge in [0.1, 0.15) is 12.2 Å². The quantitative estimate of drug-likeness (QED) is 0.491. The number of nitrogens with zero attached hydrogens (tertiary/aromatic N) is 2. The van der Waals surface area contributed by atoms with E-state index in [1.54, 1.807) is 13.8 Å². The van der Waals surface area contributed by atoms with Crippen molar-refractivity contribution in [2.24, 2.45) is 5.92 Å². The van der Waals surface area contributed by atoms with Crippen molar-refractivity contribution >= 4 is 5.97 Å². The van der Waals surface area contributed by atoms with Crippen LogP contribution < -0.4 is 0 Å². The molecule has 0 spiro atoms. The number of aromatic hydroxyl groups is 2. The molecule has 2 aliphatic rings. The van der Waals surface area contributed by atoms with Gasteiger partial charge < -0.3 is 19.7 Å². The van der Waals surface area contributed by atoms with Gasteiger partial charge in [0.05, 0.1) is 45.5 Å². The molecule has 10 heteroatoms. The minimum atomic E-state index is -4.82. The van der Waals surface area contributed by atoms with Gasteiger partial charge in [0.15, 0.2) is 0 Å². The lowest BCUT2D eigenvalue weighted by atomic mass is 9.72. The van der Waals surface area contributed by atoms with Crippen molar-refractivity contribution in [1.29, 1.82) is 5.26 Å². The van der Waals surface area contributed by atoms with Crippen LogP contribution in [0.1, 0.15) is 48.1 Å². The van der Waals surface area contributed by atoms with Gasteiger partial charge in [-0.3, -0.25) is 9.36 Å². The summed E-state index contributed by atoms with van der Waals surface area (Å²) in [6.45, 7) is 3.27. The highest BCUT2D eigenvalue weighted by Crippen LogP contribution is 2.66. The Balaban J connectivity index is 1.55. The molecule has 2 N–H and O–H groups in total. The van der Waals surface area contributed by atoms with Crippen molar-refractivity contribution in [3.05, 3.63) is 76.3 Å². The molecule has 36 heavy (non-hydrogen) atoms. The van der Waals surface area contributed by atoms with Gasteiger partial charge in [-0.2, -0.15) is 18.4 Å². The summed E-state index contributed by atoms with van der Waals surface area (Å²) >= 11 is 0. The fraction of sp³-hybridized carbons (Fsp3) is 0.308. The lowest BCUT2D eigenvalue weighted by molar-refractivity contribution is -0.157. The Labute approximate surface area is 203 Å². The van der Waals surface area contributed by atoms with E-state index < -0.39 is 52.2 Å². The van der Waals surface area contributed by atoms with E-state index in [-0.39, 0.29) is 29.8 Å². The first kappa shape index (κ1) is 23.8. The van der Waals surface area contributed by atoms with Crippen molar-refractivity contribution < 1.29 is 37.7 Å². The van der Waals surface area contributed by atoms with Crippen LogP contribution in [0.3, 0.4) is 0 Å². The second-order valence-corrected chi connectivity index (χ2v) is 9.36. The van der Waals surface area contributed by atoms with Crippen molar-refractivity contribution in [3.8, 4) is 23.5 Å². The van der Waals surface area contributed by atoms with Crippen LogP contribution in [0.4, 0.5) is 13.2 Å². The van der Waals surface area contributed by atoms with Gasteiger partial charge in [-0.05, 0) is 44.0 Å². The van der Waals surface area contributed by atoms with E-state index in [0.717, 1.165) is 16.2 Å². The molecule has 2 aromatic carbocycles. The zero-order chi connectivity index (χ0) is 26.0. The van der Waals surface area contributed by atoms with Gasteiger partial charge in [0, 0.05) is 0 Å². The summed E-state index contributed by atoms with van der Waals surface area (Å²) in [6, 6.07) is 13.4. The standard InChI is InChI=1S/C26H21F3N2O5/c1-24-11-18(23(34)35-13-14-6-4-3-5-7-14)25(2,36-24)20-19(24)21(32)31(22(20)33)16-9-8-15(12-30)17(10-16)26(27,28)29/h3-10,18,32-33H,11,13H2,1-2H3/t18-,24+,25-/m0/s1. The summed E-state index contributed by atoms with van der Waals surface area (Å²) in [5, 5.41) is 31.3. The van der Waals surface area contributed by atoms with Crippen LogP contribution in [-0.4, -0.2) is 20.7 Å². The summed E-state index contributed by atoms with van der Waals surface area (Å²) in [6.07, 6.45) is -4.68. The Bertz CT molecular complexity index is 1430. The van der Waals surface area contributed by atoms with E-state index in [4.69, 9.17) is 14.7 Å². The molecule has 0 radical (unpaired) electrons. The van der Waals surface area contributed by atoms with Gasteiger partial charge in [-0.15, -0.1) is 0 Å². The van der Waals surface area contributed by atoms with Crippen molar-refractivity contribution in [2.75, 3.05) is 0 Å². The van der Waals surface area contributed by atoms with Gasteiger partial charge in [0.25, 0.3) is 0 Å². The Kier molecular flexibility index (Phi) is 5.12. The molecule has 3 heterocycles. The van der Waals surface area contributed by atoms with Crippen LogP contribution in [0.15, 0.2) is 48.5 Å². The van der Waals surface area contributed by atoms with Crippen LogP contribution in [-0.2, 0) is 38.3 Å². The molecular weight excluding hydrogens is 477 g/mol. The number of fused-ring (bicyclic) bond motifs is 5. The van der Waals surface area contributed by atoms with E-state index in [1.807, 2.05) is 30.3 Å². The maximum absolute atomic E-state index is 13.5. The summed E-state index contributed by atoms with van der Waals surface area (Å²) in [4.78, 5) is 13.1. The largest absolute Gasteiger partial charge is 0.494 e. The van der Waals surface area contributed by atoms with Gasteiger partial charge in [-0.1, -0.05) is 30.3 Å². The molecule has 0 aliphatic carbocycles. The van der Waals surface area contributed by atoms with Crippen LogP contribution in [0.25, 0.3) is 5.69 Å². The molecule has 3 atom stereocenters. The molecule has 186 valence electrons. The molecule has 2 aliphatic heterocycles. The smallest absolute Gasteiger partial charge is 0.417 e. The van der Waals surface area contributed by atoms with Gasteiger partial charge in [0.2, 0.25) is 11.8 Å². The van der Waals surface area contributed by atoms with Gasteiger partial charge in [-0.25, -0.2) is 0 Å². The van der Waals surface area contributed by atoms with Crippen LogP contribution in [0.2, 0.25) is 0 Å². The number of esters is 1. The number of alkyl halides is 3. The number of hydrogen-bond donors (Lipinski definition) is 2. The molecule has 1 fully saturated rings. The predicted octanol–water partition coefficient (Wildman–Crippen LogP) is 5.00. The monoisotopic (exact) mass is 498 g/mol. The summed E-state index contributed by atoms with van der Waals surface area (Å²) in [5.74, 6) is -2.43. The van der Waals surface area contributed by atoms with Crippen LogP contribution in [0, 0.1) is 17.2 Å². The highest BCUT2D eigenvalue weighted by Gasteiger charge is 2.66. The van der Waals surface area contributed by atoms with Crippen molar-refractivity contribution in [1.82, 2.24) is 4.57 Å². The van der Waals surface area contributed by atoms with Crippen molar-refractivity contribution in [2.45, 2.75) is 44.3 Å². The first-order valence-corrected chi connectivity index (χ1v) is 11.1. The maximum Gasteiger partial charge on any atom is 0.417 e. The lowest BCUT2D eigenvalue weighted by Gasteiger charge is -2.28. The fourth-order valence-corrected chi connectivity index (χ4v) is 5.45. The highest BCUT2D eigenvalue weighted by molar-refractivity contribution is 5.78. The SMILES string of the molecule is C[C@]12C[C@@H](C(=O)OCc3ccccc3)[C@](C)(O1)c1c2c(O)n(-c2ccc(C#N)c(C(F)(F)F)c2)c1O. The highest BCUT2D eigenvalue weighted by atomic mass is 19.4. The number of nitriles is 1. The maximum atomic E-state index is 13.5. The number of rotatable bonds is 4. The molecule has 0 amide bonds. The number of benzene rings is 2. The fourth-order valence-electron chi connectivity index (χ4n) is 5.45. The minimum Gasteiger partial charge on any atom is -0.494 e. The molecule has 0 unspecified atom stereocenters. The topological polar surface area (TPSA) is 105 Å². The third kappa shape index (κ3) is 3.34. The first-order chi connectivity index (χ1) is 16.9. The number of aromatic nitrogens is 1.